The van der Waals surface area contributed by atoms with Crippen molar-refractivity contribution < 1.29 is 9.72 Å². The third-order valence-electron chi connectivity index (χ3n) is 3.95. The van der Waals surface area contributed by atoms with Crippen LogP contribution >= 0.6 is 15.9 Å². The van der Waals surface area contributed by atoms with E-state index < -0.39 is 10.8 Å². The number of halogens is 1. The third-order valence-corrected chi connectivity index (χ3v) is 4.71. The summed E-state index contributed by atoms with van der Waals surface area (Å²) < 4.78 is 1.83. The molecular weight excluding hydrogens is 404 g/mol. The van der Waals surface area contributed by atoms with Gasteiger partial charge in [0.2, 0.25) is 0 Å². The molecule has 0 aliphatic heterocycles. The summed E-state index contributed by atoms with van der Waals surface area (Å²) in [7, 11) is 0. The number of rotatable bonds is 5. The molecule has 0 unspecified atom stereocenters. The Bertz CT molecular complexity index is 980. The van der Waals surface area contributed by atoms with Gasteiger partial charge in [0.05, 0.1) is 11.4 Å². The molecule has 0 fully saturated rings. The number of para-hydroxylation sites is 1. The zero-order chi connectivity index (χ0) is 18.8. The highest BCUT2D eigenvalue weighted by molar-refractivity contribution is 9.10. The second-order valence-corrected chi connectivity index (χ2v) is 6.36. The van der Waals surface area contributed by atoms with Crippen LogP contribution in [0.1, 0.15) is 27.4 Å². The fraction of sp³-hybridized carbons (Fsp3) is 0.188. The van der Waals surface area contributed by atoms with Crippen molar-refractivity contribution in [2.24, 2.45) is 0 Å². The van der Waals surface area contributed by atoms with E-state index in [1.54, 1.807) is 0 Å². The molecule has 3 aromatic rings. The number of aromatic amines is 1. The Morgan fingerprint density at radius 1 is 1.35 bits per heavy atom. The van der Waals surface area contributed by atoms with Crippen LogP contribution in [-0.2, 0) is 6.54 Å². The van der Waals surface area contributed by atoms with Gasteiger partial charge in [-0.15, -0.1) is 5.10 Å². The smallest absolute Gasteiger partial charge is 0.357 e. The van der Waals surface area contributed by atoms with Gasteiger partial charge in [-0.25, -0.2) is 4.68 Å². The zero-order valence-corrected chi connectivity index (χ0v) is 15.6. The van der Waals surface area contributed by atoms with E-state index in [0.29, 0.717) is 0 Å². The molecule has 10 heteroatoms. The lowest BCUT2D eigenvalue weighted by molar-refractivity contribution is -0.390. The molecule has 0 atom stereocenters. The molecule has 0 spiro atoms. The van der Waals surface area contributed by atoms with E-state index >= 15 is 0 Å². The molecule has 0 aliphatic carbocycles. The van der Waals surface area contributed by atoms with Crippen LogP contribution in [0.5, 0.6) is 0 Å². The highest BCUT2D eigenvalue weighted by Gasteiger charge is 2.25. The van der Waals surface area contributed by atoms with Gasteiger partial charge in [-0.3, -0.25) is 4.79 Å². The number of amides is 1. The van der Waals surface area contributed by atoms with Crippen LogP contribution in [-0.4, -0.2) is 30.8 Å². The fourth-order valence-electron chi connectivity index (χ4n) is 2.59. The molecular formula is C16H15BrN6O3. The van der Waals surface area contributed by atoms with E-state index in [2.05, 4.69) is 36.5 Å². The number of hydrogen-bond acceptors (Lipinski definition) is 5. The van der Waals surface area contributed by atoms with Gasteiger partial charge >= 0.3 is 5.82 Å². The van der Waals surface area contributed by atoms with E-state index in [-0.39, 0.29) is 22.5 Å². The van der Waals surface area contributed by atoms with Gasteiger partial charge in [-0.2, -0.15) is 5.10 Å². The number of carbonyl (C=O) groups is 1. The molecule has 0 radical (unpaired) electrons. The summed E-state index contributed by atoms with van der Waals surface area (Å²) in [5.41, 5.74) is 3.43. The first-order valence-corrected chi connectivity index (χ1v) is 8.46. The SMILES string of the molecule is Cc1nn(-c2ccccc2)c(C)c1CNC(=O)c1n[nH]c([N+](=O)[O-])c1Br. The lowest BCUT2D eigenvalue weighted by Gasteiger charge is -2.06. The monoisotopic (exact) mass is 418 g/mol. The summed E-state index contributed by atoms with van der Waals surface area (Å²) in [4.78, 5) is 22.5. The number of aryl methyl sites for hydroxylation is 1. The highest BCUT2D eigenvalue weighted by Crippen LogP contribution is 2.25. The fourth-order valence-corrected chi connectivity index (χ4v) is 3.10. The summed E-state index contributed by atoms with van der Waals surface area (Å²) in [6.45, 7) is 4.02. The predicted molar refractivity (Wildman–Crippen MR) is 97.2 cm³/mol. The van der Waals surface area contributed by atoms with Crippen LogP contribution in [0.15, 0.2) is 34.8 Å². The molecule has 1 amide bonds. The Kier molecular flexibility index (Phi) is 4.85. The van der Waals surface area contributed by atoms with E-state index in [9.17, 15) is 14.9 Å². The topological polar surface area (TPSA) is 119 Å². The Morgan fingerprint density at radius 3 is 2.65 bits per heavy atom. The summed E-state index contributed by atoms with van der Waals surface area (Å²) in [6.07, 6.45) is 0. The van der Waals surface area contributed by atoms with Crippen LogP contribution in [0.25, 0.3) is 5.69 Å². The average molecular weight is 419 g/mol. The lowest BCUT2D eigenvalue weighted by Crippen LogP contribution is -2.24. The molecule has 0 aliphatic rings. The molecule has 2 N–H and O–H groups in total. The van der Waals surface area contributed by atoms with Gasteiger partial charge in [-0.1, -0.05) is 23.3 Å². The van der Waals surface area contributed by atoms with Crippen LogP contribution in [0, 0.1) is 24.0 Å². The number of aromatic nitrogens is 4. The number of nitrogens with zero attached hydrogens (tertiary/aromatic N) is 4. The van der Waals surface area contributed by atoms with Crippen molar-refractivity contribution in [1.29, 1.82) is 0 Å². The highest BCUT2D eigenvalue weighted by atomic mass is 79.9. The minimum Gasteiger partial charge on any atom is -0.358 e. The van der Waals surface area contributed by atoms with Gasteiger partial charge in [0.15, 0.2) is 5.69 Å². The van der Waals surface area contributed by atoms with Gasteiger partial charge in [0, 0.05) is 17.8 Å². The summed E-state index contributed by atoms with van der Waals surface area (Å²) in [6, 6.07) is 9.67. The summed E-state index contributed by atoms with van der Waals surface area (Å²) in [5.74, 6) is -0.883. The minimum absolute atomic E-state index is 0.0217. The van der Waals surface area contributed by atoms with Crippen molar-refractivity contribution in [3.8, 4) is 5.69 Å². The quantitative estimate of drug-likeness (QED) is 0.487. The predicted octanol–water partition coefficient (Wildman–Crippen LogP) is 2.81. The Balaban J connectivity index is 1.79. The van der Waals surface area contributed by atoms with Crippen LogP contribution in [0.4, 0.5) is 5.82 Å². The Morgan fingerprint density at radius 2 is 2.04 bits per heavy atom. The number of nitrogens with one attached hydrogen (secondary N) is 2. The largest absolute Gasteiger partial charge is 0.358 e. The normalized spacial score (nSPS) is 10.7. The first kappa shape index (κ1) is 17.8. The summed E-state index contributed by atoms with van der Waals surface area (Å²) >= 11 is 3.03. The van der Waals surface area contributed by atoms with E-state index in [4.69, 9.17) is 0 Å². The van der Waals surface area contributed by atoms with Crippen molar-refractivity contribution in [2.45, 2.75) is 20.4 Å². The Labute approximate surface area is 156 Å². The second-order valence-electron chi connectivity index (χ2n) is 5.57. The van der Waals surface area contributed by atoms with Crippen molar-refractivity contribution >= 4 is 27.7 Å². The maximum Gasteiger partial charge on any atom is 0.357 e. The van der Waals surface area contributed by atoms with Crippen LogP contribution in [0.2, 0.25) is 0 Å². The Hall–Kier alpha value is -3.01. The van der Waals surface area contributed by atoms with E-state index in [1.807, 2.05) is 48.9 Å². The van der Waals surface area contributed by atoms with Gasteiger partial charge in [0.1, 0.15) is 4.47 Å². The van der Waals surface area contributed by atoms with Crippen LogP contribution < -0.4 is 5.32 Å². The zero-order valence-electron chi connectivity index (χ0n) is 14.0. The van der Waals surface area contributed by atoms with E-state index in [0.717, 1.165) is 22.6 Å². The molecule has 1 aromatic carbocycles. The van der Waals surface area contributed by atoms with E-state index in [1.165, 1.54) is 0 Å². The molecule has 2 aromatic heterocycles. The number of nitro groups is 1. The van der Waals surface area contributed by atoms with Gasteiger partial charge < -0.3 is 15.4 Å². The molecule has 26 heavy (non-hydrogen) atoms. The first-order chi connectivity index (χ1) is 12.4. The third kappa shape index (κ3) is 3.23. The number of carbonyl (C=O) groups excluding carboxylic acids is 1. The minimum atomic E-state index is -0.647. The molecule has 134 valence electrons. The molecule has 0 bridgehead atoms. The van der Waals surface area contributed by atoms with Gasteiger partial charge in [-0.05, 0) is 46.8 Å². The number of benzene rings is 1. The molecule has 9 nitrogen and oxygen atoms in total. The second kappa shape index (κ2) is 7.08. The molecule has 0 saturated carbocycles. The van der Waals surface area contributed by atoms with Crippen molar-refractivity contribution in [3.63, 3.8) is 0 Å². The first-order valence-electron chi connectivity index (χ1n) is 7.67. The lowest BCUT2D eigenvalue weighted by atomic mass is 10.2. The average Bonchev–Trinajstić information content (AvgIpc) is 3.14. The van der Waals surface area contributed by atoms with Crippen LogP contribution in [0.3, 0.4) is 0 Å². The van der Waals surface area contributed by atoms with Crippen molar-refractivity contribution in [3.05, 3.63) is 67.6 Å². The molecule has 0 saturated heterocycles. The maximum absolute atomic E-state index is 12.3. The number of hydrogen-bond donors (Lipinski definition) is 2. The van der Waals surface area contributed by atoms with Crippen molar-refractivity contribution in [2.75, 3.05) is 0 Å². The van der Waals surface area contributed by atoms with Crippen molar-refractivity contribution in [1.82, 2.24) is 25.3 Å². The maximum atomic E-state index is 12.3. The standard InChI is InChI=1S/C16H15BrN6O3/c1-9-12(10(2)22(21-9)11-6-4-3-5-7-11)8-18-16(24)14-13(17)15(20-19-14)23(25)26/h3-7H,8H2,1-2H3,(H,18,24)(H,19,20). The number of H-pyrrole nitrogens is 1. The van der Waals surface area contributed by atoms with Gasteiger partial charge in [0.25, 0.3) is 5.91 Å². The molecule has 3 rings (SSSR count). The summed E-state index contributed by atoms with van der Waals surface area (Å²) in [5, 5.41) is 24.0. The molecule has 2 heterocycles.